The Morgan fingerprint density at radius 1 is 0.315 bits per heavy atom. The fourth-order valence-corrected chi connectivity index (χ4v) is 12.7. The predicted molar refractivity (Wildman–Crippen MR) is 372 cm³/mol. The zero-order valence-electron chi connectivity index (χ0n) is 59.9. The van der Waals surface area contributed by atoms with Gasteiger partial charge in [0, 0.05) is 25.7 Å². The molecule has 0 saturated carbocycles. The van der Waals surface area contributed by atoms with Crippen LogP contribution in [-0.2, 0) is 65.4 Å². The van der Waals surface area contributed by atoms with Crippen LogP contribution in [0.3, 0.4) is 0 Å². The lowest BCUT2D eigenvalue weighted by Gasteiger charge is -2.21. The zero-order chi connectivity index (χ0) is 67.9. The molecule has 6 atom stereocenters. The van der Waals surface area contributed by atoms with Gasteiger partial charge in [-0.15, -0.1) is 0 Å². The SMILES string of the molecule is CCCCCCCCCCCCCC(=O)OC[C@H](COP(=O)(O)OC[C@H](O)COP(=O)(O)OC[C@@H](COC(=O)CCCCCCCCCCCCC(C)CC)OC(=O)CCCCCCCCCCCCCCCC(C)C)OC(=O)CCCCCCCCCCCCC. The van der Waals surface area contributed by atoms with Crippen molar-refractivity contribution in [3.05, 3.63) is 0 Å². The molecule has 17 nitrogen and oxygen atoms in total. The van der Waals surface area contributed by atoms with Gasteiger partial charge in [-0.1, -0.05) is 324 Å². The Balaban J connectivity index is 5.25. The molecule has 0 amide bonds. The number of hydrogen-bond donors (Lipinski definition) is 3. The van der Waals surface area contributed by atoms with Crippen LogP contribution < -0.4 is 0 Å². The van der Waals surface area contributed by atoms with Gasteiger partial charge in [0.2, 0.25) is 0 Å². The summed E-state index contributed by atoms with van der Waals surface area (Å²) in [5.74, 6) is -0.522. The largest absolute Gasteiger partial charge is 0.472 e. The lowest BCUT2D eigenvalue weighted by atomic mass is 9.99. The highest BCUT2D eigenvalue weighted by molar-refractivity contribution is 7.47. The molecule has 0 aromatic carbocycles. The number of phosphoric acid groups is 2. The van der Waals surface area contributed by atoms with Gasteiger partial charge in [-0.25, -0.2) is 9.13 Å². The standard InChI is InChI=1S/C73H142O17P2/c1-7-10-12-14-16-18-23-31-37-43-49-55-70(75)83-61-68(89-72(77)57-51-45-39-33-24-19-17-15-13-11-8-2)63-87-91(79,80)85-59-67(74)60-86-92(81,82)88-64-69(62-84-71(76)56-50-44-38-32-28-27-30-36-42-48-54-66(6)9-3)90-73(78)58-52-46-40-34-26-22-20-21-25-29-35-41-47-53-65(4)5/h65-69,74H,7-64H2,1-6H3,(H,79,80)(H,81,82)/t66?,67-,68+,69+/m0/s1. The van der Waals surface area contributed by atoms with Crippen LogP contribution in [0, 0.1) is 11.8 Å². The van der Waals surface area contributed by atoms with E-state index in [0.29, 0.717) is 25.7 Å². The quantitative estimate of drug-likeness (QED) is 0.0222. The van der Waals surface area contributed by atoms with Crippen LogP contribution >= 0.6 is 15.6 Å². The summed E-state index contributed by atoms with van der Waals surface area (Å²) in [6.45, 7) is 9.61. The molecule has 92 heavy (non-hydrogen) atoms. The summed E-state index contributed by atoms with van der Waals surface area (Å²) in [4.78, 5) is 72.7. The first-order chi connectivity index (χ1) is 44.4. The highest BCUT2D eigenvalue weighted by Gasteiger charge is 2.30. The number of aliphatic hydroxyl groups excluding tert-OH is 1. The summed E-state index contributed by atoms with van der Waals surface area (Å²) in [6, 6.07) is 0. The number of carbonyl (C=O) groups excluding carboxylic acids is 4. The average Bonchev–Trinajstić information content (AvgIpc) is 3.56. The molecule has 0 spiro atoms. The third-order valence-electron chi connectivity index (χ3n) is 17.3. The Hall–Kier alpha value is -1.94. The maximum Gasteiger partial charge on any atom is 0.472 e. The van der Waals surface area contributed by atoms with Crippen LogP contribution in [0.4, 0.5) is 0 Å². The van der Waals surface area contributed by atoms with Gasteiger partial charge in [0.05, 0.1) is 26.4 Å². The average molecular weight is 1350 g/mol. The minimum Gasteiger partial charge on any atom is -0.462 e. The van der Waals surface area contributed by atoms with E-state index in [4.69, 9.17) is 37.0 Å². The summed E-state index contributed by atoms with van der Waals surface area (Å²) in [6.07, 6.45) is 51.1. The topological polar surface area (TPSA) is 237 Å². The van der Waals surface area contributed by atoms with E-state index in [1.54, 1.807) is 0 Å². The minimum atomic E-state index is -4.95. The van der Waals surface area contributed by atoms with Crippen LogP contribution in [-0.4, -0.2) is 96.7 Å². The van der Waals surface area contributed by atoms with E-state index in [2.05, 4.69) is 41.5 Å². The molecule has 0 rings (SSSR count). The number of aliphatic hydroxyl groups is 1. The lowest BCUT2D eigenvalue weighted by Crippen LogP contribution is -2.30. The number of rotatable bonds is 72. The van der Waals surface area contributed by atoms with Crippen molar-refractivity contribution in [3.63, 3.8) is 0 Å². The van der Waals surface area contributed by atoms with Crippen molar-refractivity contribution >= 4 is 39.5 Å². The molecule has 0 radical (unpaired) electrons. The van der Waals surface area contributed by atoms with Crippen molar-refractivity contribution in [2.45, 2.75) is 394 Å². The molecule has 0 aliphatic carbocycles. The number of esters is 4. The van der Waals surface area contributed by atoms with Crippen LogP contribution in [0.15, 0.2) is 0 Å². The van der Waals surface area contributed by atoms with E-state index in [9.17, 15) is 43.2 Å². The zero-order valence-corrected chi connectivity index (χ0v) is 61.6. The molecule has 0 aliphatic rings. The number of ether oxygens (including phenoxy) is 4. The lowest BCUT2D eigenvalue weighted by molar-refractivity contribution is -0.161. The normalized spacial score (nSPS) is 14.4. The van der Waals surface area contributed by atoms with Crippen molar-refractivity contribution < 1.29 is 80.2 Å². The summed E-state index contributed by atoms with van der Waals surface area (Å²) < 4.78 is 68.4. The maximum absolute atomic E-state index is 13.1. The molecule has 0 aromatic rings. The van der Waals surface area contributed by atoms with Crippen LogP contribution in [0.5, 0.6) is 0 Å². The van der Waals surface area contributed by atoms with Gasteiger partial charge >= 0.3 is 39.5 Å². The van der Waals surface area contributed by atoms with Crippen LogP contribution in [0.2, 0.25) is 0 Å². The minimum absolute atomic E-state index is 0.107. The van der Waals surface area contributed by atoms with Crippen molar-refractivity contribution in [2.24, 2.45) is 11.8 Å². The first kappa shape index (κ1) is 90.1. The van der Waals surface area contributed by atoms with Gasteiger partial charge in [0.15, 0.2) is 12.2 Å². The number of carbonyl (C=O) groups is 4. The van der Waals surface area contributed by atoms with E-state index in [0.717, 1.165) is 102 Å². The number of phosphoric ester groups is 2. The third-order valence-corrected chi connectivity index (χ3v) is 19.2. The van der Waals surface area contributed by atoms with Crippen molar-refractivity contribution in [1.29, 1.82) is 0 Å². The van der Waals surface area contributed by atoms with E-state index in [1.807, 2.05) is 0 Å². The monoisotopic (exact) mass is 1350 g/mol. The molecule has 0 aromatic heterocycles. The molecule has 0 aliphatic heterocycles. The smallest absolute Gasteiger partial charge is 0.462 e. The fourth-order valence-electron chi connectivity index (χ4n) is 11.1. The summed E-state index contributed by atoms with van der Waals surface area (Å²) >= 11 is 0. The molecule has 3 unspecified atom stereocenters. The molecule has 3 N–H and O–H groups in total. The maximum atomic E-state index is 13.1. The Labute approximate surface area is 562 Å². The Morgan fingerprint density at radius 3 is 0.826 bits per heavy atom. The van der Waals surface area contributed by atoms with Gasteiger partial charge in [0.25, 0.3) is 0 Å². The fraction of sp³-hybridized carbons (Fsp3) is 0.945. The number of unbranched alkanes of at least 4 members (excludes halogenated alkanes) is 41. The second-order valence-electron chi connectivity index (χ2n) is 27.1. The van der Waals surface area contributed by atoms with Gasteiger partial charge in [-0.2, -0.15) is 0 Å². The first-order valence-electron chi connectivity index (χ1n) is 38.0. The second kappa shape index (κ2) is 65.0. The van der Waals surface area contributed by atoms with Crippen LogP contribution in [0.25, 0.3) is 0 Å². The van der Waals surface area contributed by atoms with Gasteiger partial charge < -0.3 is 33.8 Å². The molecule has 0 saturated heterocycles. The van der Waals surface area contributed by atoms with E-state index >= 15 is 0 Å². The van der Waals surface area contributed by atoms with Gasteiger partial charge in [-0.3, -0.25) is 37.3 Å². The van der Waals surface area contributed by atoms with Crippen molar-refractivity contribution in [3.8, 4) is 0 Å². The number of hydrogen-bond acceptors (Lipinski definition) is 15. The molecule has 546 valence electrons. The molecular formula is C73H142O17P2. The Morgan fingerprint density at radius 2 is 0.554 bits per heavy atom. The summed E-state index contributed by atoms with van der Waals surface area (Å²) in [5.41, 5.74) is 0. The van der Waals surface area contributed by atoms with E-state index in [1.165, 1.54) is 193 Å². The van der Waals surface area contributed by atoms with E-state index in [-0.39, 0.29) is 25.7 Å². The van der Waals surface area contributed by atoms with Gasteiger partial charge in [-0.05, 0) is 37.5 Å². The molecule has 19 heteroatoms. The van der Waals surface area contributed by atoms with Crippen molar-refractivity contribution in [2.75, 3.05) is 39.6 Å². The Bertz CT molecular complexity index is 1790. The molecular weight excluding hydrogens is 1210 g/mol. The third kappa shape index (κ3) is 65.4. The highest BCUT2D eigenvalue weighted by Crippen LogP contribution is 2.45. The van der Waals surface area contributed by atoms with Crippen molar-refractivity contribution in [1.82, 2.24) is 0 Å². The highest BCUT2D eigenvalue weighted by atomic mass is 31.2. The Kier molecular flexibility index (Phi) is 63.7. The molecule has 0 bridgehead atoms. The summed E-state index contributed by atoms with van der Waals surface area (Å²) in [7, 11) is -9.90. The first-order valence-corrected chi connectivity index (χ1v) is 41.0. The van der Waals surface area contributed by atoms with Crippen LogP contribution in [0.1, 0.15) is 375 Å². The molecule has 0 fully saturated rings. The second-order valence-corrected chi connectivity index (χ2v) is 30.0. The molecule has 0 heterocycles. The van der Waals surface area contributed by atoms with Gasteiger partial charge in [0.1, 0.15) is 19.3 Å². The van der Waals surface area contributed by atoms with E-state index < -0.39 is 97.5 Å². The summed E-state index contributed by atoms with van der Waals surface area (Å²) in [5, 5.41) is 10.6. The predicted octanol–water partition coefficient (Wildman–Crippen LogP) is 21.2.